The van der Waals surface area contributed by atoms with Crippen molar-refractivity contribution >= 4 is 5.97 Å². The fourth-order valence-corrected chi connectivity index (χ4v) is 2.41. The first-order valence-corrected chi connectivity index (χ1v) is 6.29. The van der Waals surface area contributed by atoms with Gasteiger partial charge in [-0.25, -0.2) is 0 Å². The van der Waals surface area contributed by atoms with E-state index in [4.69, 9.17) is 10.5 Å². The van der Waals surface area contributed by atoms with E-state index in [2.05, 4.69) is 6.58 Å². The molecule has 0 aromatic heterocycles. The molecule has 0 aliphatic heterocycles. The number of hydrogen-bond donors (Lipinski definition) is 1. The minimum atomic E-state index is -0.185. The normalized spacial score (nSPS) is 26.8. The molecule has 0 spiro atoms. The van der Waals surface area contributed by atoms with Crippen LogP contribution in [0.15, 0.2) is 43.0 Å². The molecule has 1 aromatic rings. The molecule has 2 rings (SSSR count). The molecule has 96 valence electrons. The molecule has 0 radical (unpaired) electrons. The maximum Gasteiger partial charge on any atom is 0.310 e. The summed E-state index contributed by atoms with van der Waals surface area (Å²) in [5, 5.41) is 0. The van der Waals surface area contributed by atoms with Gasteiger partial charge >= 0.3 is 5.97 Å². The van der Waals surface area contributed by atoms with E-state index in [1.165, 1.54) is 0 Å². The average molecular weight is 245 g/mol. The van der Waals surface area contributed by atoms with Crippen LogP contribution in [0.1, 0.15) is 18.4 Å². The number of carbonyl (C=O) groups excluding carboxylic acids is 1. The van der Waals surface area contributed by atoms with Gasteiger partial charge in [0.25, 0.3) is 0 Å². The fraction of sp³-hybridized carbons (Fsp3) is 0.400. The molecule has 1 aliphatic rings. The lowest BCUT2D eigenvalue weighted by Gasteiger charge is -2.14. The number of nitrogens with two attached hydrogens (primary N) is 1. The summed E-state index contributed by atoms with van der Waals surface area (Å²) in [5.41, 5.74) is 6.96. The Labute approximate surface area is 108 Å². The molecule has 0 bridgehead atoms. The third kappa shape index (κ3) is 2.99. The third-order valence-corrected chi connectivity index (χ3v) is 3.51. The van der Waals surface area contributed by atoms with Crippen LogP contribution in [0.4, 0.5) is 0 Å². The maximum absolute atomic E-state index is 12.0. The summed E-state index contributed by atoms with van der Waals surface area (Å²) in [6.07, 6.45) is 3.47. The molecule has 2 N–H and O–H groups in total. The van der Waals surface area contributed by atoms with Crippen molar-refractivity contribution in [2.24, 2.45) is 17.6 Å². The van der Waals surface area contributed by atoms with Gasteiger partial charge in [0.1, 0.15) is 6.61 Å². The van der Waals surface area contributed by atoms with Crippen LogP contribution in [0.5, 0.6) is 0 Å². The lowest BCUT2D eigenvalue weighted by atomic mass is 10.0. The third-order valence-electron chi connectivity index (χ3n) is 3.51. The highest BCUT2D eigenvalue weighted by Crippen LogP contribution is 2.31. The summed E-state index contributed by atoms with van der Waals surface area (Å²) in [6, 6.07) is 9.57. The molecule has 1 fully saturated rings. The van der Waals surface area contributed by atoms with Crippen molar-refractivity contribution in [3.8, 4) is 0 Å². The summed E-state index contributed by atoms with van der Waals surface area (Å²) in [7, 11) is 0. The molecule has 0 unspecified atom stereocenters. The number of rotatable bonds is 4. The van der Waals surface area contributed by atoms with Crippen LogP contribution >= 0.6 is 0 Å². The summed E-state index contributed by atoms with van der Waals surface area (Å²) in [4.78, 5) is 12.0. The van der Waals surface area contributed by atoms with Crippen molar-refractivity contribution in [1.82, 2.24) is 0 Å². The van der Waals surface area contributed by atoms with E-state index in [0.29, 0.717) is 12.5 Å². The zero-order valence-corrected chi connectivity index (χ0v) is 10.4. The SMILES string of the molecule is C=C[C@H]1C[C@H](C(=O)OCc2ccccc2)[C@@H](N)C1. The fourth-order valence-electron chi connectivity index (χ4n) is 2.41. The lowest BCUT2D eigenvalue weighted by molar-refractivity contribution is -0.150. The van der Waals surface area contributed by atoms with Crippen molar-refractivity contribution in [3.63, 3.8) is 0 Å². The Kier molecular flexibility index (Phi) is 4.15. The van der Waals surface area contributed by atoms with Crippen molar-refractivity contribution in [2.75, 3.05) is 0 Å². The second kappa shape index (κ2) is 5.83. The first-order chi connectivity index (χ1) is 8.70. The summed E-state index contributed by atoms with van der Waals surface area (Å²) in [6.45, 7) is 4.08. The van der Waals surface area contributed by atoms with Gasteiger partial charge in [-0.3, -0.25) is 4.79 Å². The number of allylic oxidation sites excluding steroid dienone is 1. The van der Waals surface area contributed by atoms with Crippen molar-refractivity contribution < 1.29 is 9.53 Å². The van der Waals surface area contributed by atoms with Gasteiger partial charge in [-0.15, -0.1) is 6.58 Å². The van der Waals surface area contributed by atoms with Gasteiger partial charge < -0.3 is 10.5 Å². The van der Waals surface area contributed by atoms with Gasteiger partial charge in [0.15, 0.2) is 0 Å². The first-order valence-electron chi connectivity index (χ1n) is 6.29. The summed E-state index contributed by atoms with van der Waals surface area (Å²) in [5.74, 6) is -0.0262. The van der Waals surface area contributed by atoms with E-state index < -0.39 is 0 Å². The van der Waals surface area contributed by atoms with E-state index in [0.717, 1.165) is 18.4 Å². The Balaban J connectivity index is 1.87. The minimum absolute atomic E-state index is 0.101. The second-order valence-electron chi connectivity index (χ2n) is 4.83. The highest BCUT2D eigenvalue weighted by Gasteiger charge is 2.36. The Morgan fingerprint density at radius 1 is 1.39 bits per heavy atom. The molecule has 0 saturated heterocycles. The summed E-state index contributed by atoms with van der Waals surface area (Å²) >= 11 is 0. The van der Waals surface area contributed by atoms with E-state index in [9.17, 15) is 4.79 Å². The van der Waals surface area contributed by atoms with Crippen LogP contribution in [0.2, 0.25) is 0 Å². The number of benzene rings is 1. The van der Waals surface area contributed by atoms with Crippen molar-refractivity contribution in [2.45, 2.75) is 25.5 Å². The predicted octanol–water partition coefficient (Wildman–Crippen LogP) is 2.27. The monoisotopic (exact) mass is 245 g/mol. The van der Waals surface area contributed by atoms with Gasteiger partial charge in [-0.05, 0) is 24.3 Å². The molecule has 1 aromatic carbocycles. The van der Waals surface area contributed by atoms with Crippen molar-refractivity contribution in [3.05, 3.63) is 48.6 Å². The molecule has 18 heavy (non-hydrogen) atoms. The van der Waals surface area contributed by atoms with E-state index in [-0.39, 0.29) is 17.9 Å². The number of carbonyl (C=O) groups is 1. The van der Waals surface area contributed by atoms with Crippen LogP contribution in [0.25, 0.3) is 0 Å². The molecule has 1 aliphatic carbocycles. The number of hydrogen-bond acceptors (Lipinski definition) is 3. The Hall–Kier alpha value is -1.61. The molecule has 1 saturated carbocycles. The Morgan fingerprint density at radius 3 is 2.72 bits per heavy atom. The topological polar surface area (TPSA) is 52.3 Å². The van der Waals surface area contributed by atoms with E-state index >= 15 is 0 Å². The largest absolute Gasteiger partial charge is 0.461 e. The highest BCUT2D eigenvalue weighted by atomic mass is 16.5. The first kappa shape index (κ1) is 12.8. The smallest absolute Gasteiger partial charge is 0.310 e. The molecular formula is C15H19NO2. The van der Waals surface area contributed by atoms with Crippen molar-refractivity contribution in [1.29, 1.82) is 0 Å². The highest BCUT2D eigenvalue weighted by molar-refractivity contribution is 5.73. The zero-order valence-electron chi connectivity index (χ0n) is 10.4. The van der Waals surface area contributed by atoms with Gasteiger partial charge in [-0.2, -0.15) is 0 Å². The summed E-state index contributed by atoms with van der Waals surface area (Å²) < 4.78 is 5.32. The van der Waals surface area contributed by atoms with Crippen LogP contribution in [-0.2, 0) is 16.1 Å². The number of ether oxygens (including phenoxy) is 1. The quantitative estimate of drug-likeness (QED) is 0.654. The van der Waals surface area contributed by atoms with Gasteiger partial charge in [0.05, 0.1) is 5.92 Å². The molecule has 0 amide bonds. The molecule has 3 nitrogen and oxygen atoms in total. The van der Waals surface area contributed by atoms with Crippen LogP contribution in [0, 0.1) is 11.8 Å². The zero-order chi connectivity index (χ0) is 13.0. The predicted molar refractivity (Wildman–Crippen MR) is 70.6 cm³/mol. The van der Waals surface area contributed by atoms with Gasteiger partial charge in [0.2, 0.25) is 0 Å². The molecule has 3 atom stereocenters. The lowest BCUT2D eigenvalue weighted by Crippen LogP contribution is -2.31. The Morgan fingerprint density at radius 2 is 2.11 bits per heavy atom. The van der Waals surface area contributed by atoms with E-state index in [1.54, 1.807) is 0 Å². The molecule has 3 heteroatoms. The second-order valence-corrected chi connectivity index (χ2v) is 4.83. The van der Waals surface area contributed by atoms with Crippen LogP contribution in [-0.4, -0.2) is 12.0 Å². The molecule has 0 heterocycles. The van der Waals surface area contributed by atoms with E-state index in [1.807, 2.05) is 36.4 Å². The Bertz CT molecular complexity index is 416. The maximum atomic E-state index is 12.0. The standard InChI is InChI=1S/C15H19NO2/c1-2-11-8-13(14(16)9-11)15(17)18-10-12-6-4-3-5-7-12/h2-7,11,13-14H,1,8-10,16H2/t11-,13-,14-/m0/s1. The average Bonchev–Trinajstić information content (AvgIpc) is 2.78. The minimum Gasteiger partial charge on any atom is -0.461 e. The van der Waals surface area contributed by atoms with Crippen LogP contribution < -0.4 is 5.73 Å². The van der Waals surface area contributed by atoms with Crippen LogP contribution in [0.3, 0.4) is 0 Å². The van der Waals surface area contributed by atoms with Gasteiger partial charge in [0, 0.05) is 6.04 Å². The van der Waals surface area contributed by atoms with Gasteiger partial charge in [-0.1, -0.05) is 36.4 Å². The number of esters is 1. The molecular weight excluding hydrogens is 226 g/mol.